The molecule has 168 valence electrons. The van der Waals surface area contributed by atoms with Crippen molar-refractivity contribution in [3.63, 3.8) is 0 Å². The van der Waals surface area contributed by atoms with E-state index in [1.807, 2.05) is 60.0 Å². The van der Waals surface area contributed by atoms with Crippen molar-refractivity contribution in [3.05, 3.63) is 82.4 Å². The zero-order valence-electron chi connectivity index (χ0n) is 18.5. The van der Waals surface area contributed by atoms with Crippen LogP contribution in [0.2, 0.25) is 5.02 Å². The third-order valence-corrected chi connectivity index (χ3v) is 6.06. The van der Waals surface area contributed by atoms with Gasteiger partial charge < -0.3 is 19.7 Å². The molecule has 4 aromatic rings. The molecule has 0 atom stereocenters. The SMILES string of the molecule is COc1cc(Cl)c(C)cc1NC(=S)N=Nc1c(O)n(Cc2ccccc2C)c2ccccc12. The van der Waals surface area contributed by atoms with Crippen LogP contribution in [0, 0.1) is 13.8 Å². The first kappa shape index (κ1) is 22.8. The minimum absolute atomic E-state index is 0.0333. The Kier molecular flexibility index (Phi) is 6.62. The molecule has 0 aliphatic heterocycles. The highest BCUT2D eigenvalue weighted by Crippen LogP contribution is 2.39. The molecular weight excluding hydrogens is 456 g/mol. The molecular formula is C25H23ClN4O2S. The standard InChI is InChI=1S/C25H23ClN4O2S/c1-15-8-4-5-9-17(15)14-30-21-11-7-6-10-18(21)23(24(30)31)28-29-25(33)27-20-12-16(2)19(26)13-22(20)32-3/h4-13,31H,14H2,1-3H3,(H,27,33). The van der Waals surface area contributed by atoms with Gasteiger partial charge in [-0.25, -0.2) is 0 Å². The number of fused-ring (bicyclic) bond motifs is 1. The molecule has 0 saturated heterocycles. The van der Waals surface area contributed by atoms with Gasteiger partial charge in [0, 0.05) is 16.5 Å². The summed E-state index contributed by atoms with van der Waals surface area (Å²) in [4.78, 5) is 0. The number of methoxy groups -OCH3 is 1. The van der Waals surface area contributed by atoms with Gasteiger partial charge in [-0.15, -0.1) is 10.2 Å². The van der Waals surface area contributed by atoms with E-state index in [9.17, 15) is 5.11 Å². The van der Waals surface area contributed by atoms with Crippen LogP contribution in [0.15, 0.2) is 70.9 Å². The predicted molar refractivity (Wildman–Crippen MR) is 137 cm³/mol. The van der Waals surface area contributed by atoms with Gasteiger partial charge in [-0.3, -0.25) is 0 Å². The van der Waals surface area contributed by atoms with Crippen LogP contribution in [-0.2, 0) is 6.54 Å². The lowest BCUT2D eigenvalue weighted by Crippen LogP contribution is -2.06. The molecule has 6 nitrogen and oxygen atoms in total. The number of azo groups is 1. The van der Waals surface area contributed by atoms with Crippen molar-refractivity contribution in [1.82, 2.24) is 4.57 Å². The van der Waals surface area contributed by atoms with Crippen molar-refractivity contribution >= 4 is 51.2 Å². The molecule has 0 aliphatic rings. The topological polar surface area (TPSA) is 71.1 Å². The van der Waals surface area contributed by atoms with E-state index in [1.54, 1.807) is 13.2 Å². The average molecular weight is 479 g/mol. The van der Waals surface area contributed by atoms with Crippen LogP contribution in [0.5, 0.6) is 11.6 Å². The molecule has 0 radical (unpaired) electrons. The molecule has 1 aromatic heterocycles. The molecule has 0 bridgehead atoms. The summed E-state index contributed by atoms with van der Waals surface area (Å²) in [5, 5.41) is 24.0. The average Bonchev–Trinajstić information content (AvgIpc) is 3.07. The maximum atomic E-state index is 11.0. The van der Waals surface area contributed by atoms with Crippen LogP contribution in [0.1, 0.15) is 16.7 Å². The number of anilines is 1. The number of hydrogen-bond acceptors (Lipinski definition) is 4. The molecule has 33 heavy (non-hydrogen) atoms. The number of thiocarbonyl (C=S) groups is 1. The first-order chi connectivity index (χ1) is 15.9. The van der Waals surface area contributed by atoms with Crippen molar-refractivity contribution < 1.29 is 9.84 Å². The zero-order valence-corrected chi connectivity index (χ0v) is 20.0. The molecule has 8 heteroatoms. The Balaban J connectivity index is 1.65. The molecule has 1 heterocycles. The Bertz CT molecular complexity index is 1380. The number of hydrogen-bond donors (Lipinski definition) is 2. The van der Waals surface area contributed by atoms with Crippen molar-refractivity contribution in [2.75, 3.05) is 12.4 Å². The predicted octanol–water partition coefficient (Wildman–Crippen LogP) is 7.15. The highest BCUT2D eigenvalue weighted by Gasteiger charge is 2.17. The van der Waals surface area contributed by atoms with Crippen molar-refractivity contribution in [3.8, 4) is 11.6 Å². The molecule has 0 spiro atoms. The number of rotatable bonds is 5. The second kappa shape index (κ2) is 9.60. The number of aromatic hydroxyl groups is 1. The Morgan fingerprint density at radius 2 is 1.82 bits per heavy atom. The van der Waals surface area contributed by atoms with Gasteiger partial charge in [0.1, 0.15) is 5.75 Å². The Hall–Kier alpha value is -3.42. The van der Waals surface area contributed by atoms with Gasteiger partial charge >= 0.3 is 0 Å². The van der Waals surface area contributed by atoms with Gasteiger partial charge in [-0.2, -0.15) is 0 Å². The summed E-state index contributed by atoms with van der Waals surface area (Å²) < 4.78 is 7.20. The van der Waals surface area contributed by atoms with E-state index in [1.165, 1.54) is 0 Å². The van der Waals surface area contributed by atoms with Crippen LogP contribution in [0.3, 0.4) is 0 Å². The van der Waals surface area contributed by atoms with E-state index in [0.29, 0.717) is 28.7 Å². The number of aryl methyl sites for hydroxylation is 2. The number of nitrogens with one attached hydrogen (secondary N) is 1. The fraction of sp³-hybridized carbons (Fsp3) is 0.160. The summed E-state index contributed by atoms with van der Waals surface area (Å²) >= 11 is 11.5. The summed E-state index contributed by atoms with van der Waals surface area (Å²) in [5.74, 6) is 0.576. The van der Waals surface area contributed by atoms with Crippen LogP contribution in [0.25, 0.3) is 10.9 Å². The summed E-state index contributed by atoms with van der Waals surface area (Å²) in [5.41, 5.74) is 4.99. The summed E-state index contributed by atoms with van der Waals surface area (Å²) in [6, 6.07) is 19.3. The lowest BCUT2D eigenvalue weighted by molar-refractivity contribution is 0.417. The minimum atomic E-state index is 0.0333. The van der Waals surface area contributed by atoms with E-state index < -0.39 is 0 Å². The van der Waals surface area contributed by atoms with Gasteiger partial charge in [0.15, 0.2) is 5.69 Å². The third-order valence-electron chi connectivity index (χ3n) is 5.47. The monoisotopic (exact) mass is 478 g/mol. The van der Waals surface area contributed by atoms with Gasteiger partial charge in [0.2, 0.25) is 11.0 Å². The first-order valence-corrected chi connectivity index (χ1v) is 11.1. The number of aromatic nitrogens is 1. The fourth-order valence-electron chi connectivity index (χ4n) is 3.65. The summed E-state index contributed by atoms with van der Waals surface area (Å²) in [6.07, 6.45) is 0. The van der Waals surface area contributed by atoms with E-state index >= 15 is 0 Å². The molecule has 0 aliphatic carbocycles. The van der Waals surface area contributed by atoms with Crippen LogP contribution < -0.4 is 10.1 Å². The maximum Gasteiger partial charge on any atom is 0.221 e. The van der Waals surface area contributed by atoms with Crippen LogP contribution in [-0.4, -0.2) is 21.9 Å². The first-order valence-electron chi connectivity index (χ1n) is 10.3. The number of benzene rings is 3. The fourth-order valence-corrected chi connectivity index (χ4v) is 3.96. The Morgan fingerprint density at radius 1 is 1.09 bits per heavy atom. The lowest BCUT2D eigenvalue weighted by atomic mass is 10.1. The van der Waals surface area contributed by atoms with E-state index in [4.69, 9.17) is 28.6 Å². The molecule has 0 saturated carbocycles. The molecule has 2 N–H and O–H groups in total. The molecule has 0 fully saturated rings. The van der Waals surface area contributed by atoms with Crippen LogP contribution >= 0.6 is 23.8 Å². The van der Waals surface area contributed by atoms with Crippen molar-refractivity contribution in [1.29, 1.82) is 0 Å². The minimum Gasteiger partial charge on any atom is -0.495 e. The van der Waals surface area contributed by atoms with Gasteiger partial charge in [0.05, 0.1) is 24.9 Å². The zero-order chi connectivity index (χ0) is 23.5. The normalized spacial score (nSPS) is 11.3. The molecule has 3 aromatic carbocycles. The van der Waals surface area contributed by atoms with Crippen molar-refractivity contribution in [2.45, 2.75) is 20.4 Å². The summed E-state index contributed by atoms with van der Waals surface area (Å²) in [7, 11) is 1.55. The molecule has 4 rings (SSSR count). The lowest BCUT2D eigenvalue weighted by Gasteiger charge is -2.11. The molecule has 0 amide bonds. The number of para-hydroxylation sites is 1. The van der Waals surface area contributed by atoms with E-state index in [-0.39, 0.29) is 11.0 Å². The number of halogens is 1. The second-order valence-electron chi connectivity index (χ2n) is 7.63. The highest BCUT2D eigenvalue weighted by molar-refractivity contribution is 7.80. The summed E-state index contributed by atoms with van der Waals surface area (Å²) in [6.45, 7) is 4.45. The smallest absolute Gasteiger partial charge is 0.221 e. The van der Waals surface area contributed by atoms with Crippen molar-refractivity contribution in [2.24, 2.45) is 10.2 Å². The quantitative estimate of drug-likeness (QED) is 0.236. The van der Waals surface area contributed by atoms with Gasteiger partial charge in [-0.05, 0) is 54.9 Å². The number of nitrogens with zero attached hydrogens (tertiary/aromatic N) is 3. The third kappa shape index (κ3) is 4.69. The Morgan fingerprint density at radius 3 is 2.58 bits per heavy atom. The molecule has 0 unspecified atom stereocenters. The number of ether oxygens (including phenoxy) is 1. The second-order valence-corrected chi connectivity index (χ2v) is 8.43. The van der Waals surface area contributed by atoms with E-state index in [0.717, 1.165) is 27.6 Å². The van der Waals surface area contributed by atoms with Crippen LogP contribution in [0.4, 0.5) is 11.4 Å². The van der Waals surface area contributed by atoms with Gasteiger partial charge in [-0.1, -0.05) is 54.1 Å². The maximum absolute atomic E-state index is 11.0. The van der Waals surface area contributed by atoms with E-state index in [2.05, 4.69) is 28.5 Å². The van der Waals surface area contributed by atoms with Gasteiger partial charge in [0.25, 0.3) is 0 Å². The highest BCUT2D eigenvalue weighted by atomic mass is 35.5. The Labute approximate surface area is 202 Å². The largest absolute Gasteiger partial charge is 0.495 e.